The lowest BCUT2D eigenvalue weighted by molar-refractivity contribution is 0.912. The van der Waals surface area contributed by atoms with Crippen LogP contribution in [0, 0.1) is 0 Å². The zero-order valence-electron chi connectivity index (χ0n) is 8.85. The van der Waals surface area contributed by atoms with Gasteiger partial charge in [-0.3, -0.25) is 0 Å². The molecule has 0 saturated carbocycles. The molecular formula is C11H12ClN3S. The van der Waals surface area contributed by atoms with Crippen LogP contribution in [0.4, 0.5) is 11.4 Å². The number of nitrogen functional groups attached to an aromatic ring is 1. The molecule has 0 unspecified atom stereocenters. The number of hydrogen-bond acceptors (Lipinski definition) is 4. The number of thiazole rings is 1. The van der Waals surface area contributed by atoms with Gasteiger partial charge in [0.2, 0.25) is 0 Å². The molecule has 0 fully saturated rings. The fourth-order valence-corrected chi connectivity index (χ4v) is 2.30. The number of anilines is 2. The largest absolute Gasteiger partial charge is 0.397 e. The fraction of sp³-hybridized carbons (Fsp3) is 0.182. The summed E-state index contributed by atoms with van der Waals surface area (Å²) >= 11 is 7.58. The van der Waals surface area contributed by atoms with Crippen molar-refractivity contribution in [2.24, 2.45) is 0 Å². The number of rotatable bonds is 3. The van der Waals surface area contributed by atoms with Crippen LogP contribution < -0.4 is 10.6 Å². The monoisotopic (exact) mass is 253 g/mol. The molecule has 0 aliphatic heterocycles. The van der Waals surface area contributed by atoms with Crippen LogP contribution in [0.25, 0.3) is 0 Å². The van der Waals surface area contributed by atoms with Crippen molar-refractivity contribution in [3.63, 3.8) is 0 Å². The van der Waals surface area contributed by atoms with Gasteiger partial charge in [0.05, 0.1) is 17.9 Å². The van der Waals surface area contributed by atoms with E-state index in [9.17, 15) is 0 Å². The summed E-state index contributed by atoms with van der Waals surface area (Å²) in [6, 6.07) is 5.47. The van der Waals surface area contributed by atoms with Crippen molar-refractivity contribution in [2.45, 2.75) is 6.54 Å². The predicted molar refractivity (Wildman–Crippen MR) is 70.1 cm³/mol. The number of nitrogens with two attached hydrogens (primary N) is 1. The zero-order valence-corrected chi connectivity index (χ0v) is 10.4. The Morgan fingerprint density at radius 2 is 2.31 bits per heavy atom. The lowest BCUT2D eigenvalue weighted by Gasteiger charge is -2.20. The fourth-order valence-electron chi connectivity index (χ4n) is 1.47. The molecule has 0 bridgehead atoms. The molecular weight excluding hydrogens is 242 g/mol. The average Bonchev–Trinajstić information content (AvgIpc) is 2.74. The van der Waals surface area contributed by atoms with Gasteiger partial charge in [0.25, 0.3) is 0 Å². The second kappa shape index (κ2) is 4.72. The lowest BCUT2D eigenvalue weighted by Crippen LogP contribution is -2.17. The molecule has 16 heavy (non-hydrogen) atoms. The number of nitrogens with zero attached hydrogens (tertiary/aromatic N) is 2. The topological polar surface area (TPSA) is 42.2 Å². The summed E-state index contributed by atoms with van der Waals surface area (Å²) in [4.78, 5) is 6.28. The standard InChI is InChI=1S/C11H12ClN3S/c1-15(7-11-14-4-5-16-11)10-6-8(12)2-3-9(10)13/h2-6H,7,13H2,1H3. The first-order chi connectivity index (χ1) is 7.66. The Labute approximate surface area is 103 Å². The van der Waals surface area contributed by atoms with E-state index in [-0.39, 0.29) is 0 Å². The first-order valence-electron chi connectivity index (χ1n) is 4.81. The number of benzene rings is 1. The quantitative estimate of drug-likeness (QED) is 0.855. The van der Waals surface area contributed by atoms with Crippen molar-refractivity contribution >= 4 is 34.3 Å². The van der Waals surface area contributed by atoms with E-state index in [2.05, 4.69) is 4.98 Å². The molecule has 0 spiro atoms. The molecule has 5 heteroatoms. The molecule has 2 aromatic rings. The molecule has 1 heterocycles. The average molecular weight is 254 g/mol. The Morgan fingerprint density at radius 3 is 3.00 bits per heavy atom. The van der Waals surface area contributed by atoms with E-state index in [1.165, 1.54) is 0 Å². The summed E-state index contributed by atoms with van der Waals surface area (Å²) < 4.78 is 0. The van der Waals surface area contributed by atoms with E-state index >= 15 is 0 Å². The molecule has 0 saturated heterocycles. The van der Waals surface area contributed by atoms with Crippen molar-refractivity contribution in [1.29, 1.82) is 0 Å². The number of aromatic nitrogens is 1. The molecule has 0 aliphatic carbocycles. The summed E-state index contributed by atoms with van der Waals surface area (Å²) in [6.45, 7) is 0.738. The Hall–Kier alpha value is -1.26. The molecule has 84 valence electrons. The van der Waals surface area contributed by atoms with Gasteiger partial charge >= 0.3 is 0 Å². The zero-order chi connectivity index (χ0) is 11.5. The highest BCUT2D eigenvalue weighted by Crippen LogP contribution is 2.27. The lowest BCUT2D eigenvalue weighted by atomic mass is 10.2. The van der Waals surface area contributed by atoms with Gasteiger partial charge < -0.3 is 10.6 Å². The minimum Gasteiger partial charge on any atom is -0.397 e. The second-order valence-electron chi connectivity index (χ2n) is 3.49. The highest BCUT2D eigenvalue weighted by Gasteiger charge is 2.07. The third-order valence-corrected chi connectivity index (χ3v) is 3.26. The van der Waals surface area contributed by atoms with Crippen molar-refractivity contribution in [2.75, 3.05) is 17.7 Å². The van der Waals surface area contributed by atoms with Gasteiger partial charge in [-0.05, 0) is 18.2 Å². The normalized spacial score (nSPS) is 10.4. The van der Waals surface area contributed by atoms with Gasteiger partial charge in [-0.15, -0.1) is 11.3 Å². The summed E-state index contributed by atoms with van der Waals surface area (Å²) in [6.07, 6.45) is 1.80. The second-order valence-corrected chi connectivity index (χ2v) is 4.90. The van der Waals surface area contributed by atoms with Crippen LogP contribution in [0.15, 0.2) is 29.8 Å². The molecule has 3 nitrogen and oxygen atoms in total. The smallest absolute Gasteiger partial charge is 0.112 e. The summed E-state index contributed by atoms with van der Waals surface area (Å²) in [7, 11) is 1.98. The first-order valence-corrected chi connectivity index (χ1v) is 6.07. The van der Waals surface area contributed by atoms with Gasteiger partial charge in [-0.2, -0.15) is 0 Å². The maximum Gasteiger partial charge on any atom is 0.112 e. The molecule has 0 aliphatic rings. The molecule has 0 radical (unpaired) electrons. The highest BCUT2D eigenvalue weighted by molar-refractivity contribution is 7.09. The van der Waals surface area contributed by atoms with Crippen LogP contribution in [-0.4, -0.2) is 12.0 Å². The third-order valence-electron chi connectivity index (χ3n) is 2.26. The summed E-state index contributed by atoms with van der Waals surface area (Å²) in [5, 5.41) is 3.71. The van der Waals surface area contributed by atoms with E-state index in [1.54, 1.807) is 23.6 Å². The highest BCUT2D eigenvalue weighted by atomic mass is 35.5. The first kappa shape index (κ1) is 11.2. The maximum absolute atomic E-state index is 5.95. The molecule has 1 aromatic carbocycles. The van der Waals surface area contributed by atoms with Crippen molar-refractivity contribution in [3.05, 3.63) is 39.8 Å². The van der Waals surface area contributed by atoms with E-state index in [0.29, 0.717) is 5.02 Å². The van der Waals surface area contributed by atoms with Gasteiger partial charge in [-0.1, -0.05) is 11.6 Å². The van der Waals surface area contributed by atoms with Crippen LogP contribution in [0.3, 0.4) is 0 Å². The van der Waals surface area contributed by atoms with Crippen LogP contribution >= 0.6 is 22.9 Å². The number of hydrogen-bond donors (Lipinski definition) is 1. The maximum atomic E-state index is 5.95. The van der Waals surface area contributed by atoms with E-state index in [1.807, 2.05) is 29.5 Å². The van der Waals surface area contributed by atoms with Gasteiger partial charge in [0, 0.05) is 23.6 Å². The van der Waals surface area contributed by atoms with Crippen molar-refractivity contribution in [1.82, 2.24) is 4.98 Å². The third kappa shape index (κ3) is 2.46. The van der Waals surface area contributed by atoms with Crippen LogP contribution in [0.5, 0.6) is 0 Å². The molecule has 2 N–H and O–H groups in total. The van der Waals surface area contributed by atoms with Crippen molar-refractivity contribution in [3.8, 4) is 0 Å². The molecule has 1 aromatic heterocycles. The van der Waals surface area contributed by atoms with Crippen molar-refractivity contribution < 1.29 is 0 Å². The Balaban J connectivity index is 2.20. The van der Waals surface area contributed by atoms with Gasteiger partial charge in [-0.25, -0.2) is 4.98 Å². The minimum absolute atomic E-state index is 0.690. The predicted octanol–water partition coefficient (Wildman–Crippen LogP) is 3.02. The van der Waals surface area contributed by atoms with E-state index in [4.69, 9.17) is 17.3 Å². The van der Waals surface area contributed by atoms with E-state index < -0.39 is 0 Å². The van der Waals surface area contributed by atoms with Crippen LogP contribution in [0.1, 0.15) is 5.01 Å². The molecule has 0 atom stereocenters. The Morgan fingerprint density at radius 1 is 1.50 bits per heavy atom. The Kier molecular flexibility index (Phi) is 3.31. The summed E-state index contributed by atoms with van der Waals surface area (Å²) in [5.74, 6) is 0. The molecule has 2 rings (SSSR count). The molecule has 0 amide bonds. The summed E-state index contributed by atoms with van der Waals surface area (Å²) in [5.41, 5.74) is 7.56. The van der Waals surface area contributed by atoms with Gasteiger partial charge in [0.1, 0.15) is 5.01 Å². The Bertz CT molecular complexity index is 470. The minimum atomic E-state index is 0.690. The van der Waals surface area contributed by atoms with E-state index in [0.717, 1.165) is 22.9 Å². The van der Waals surface area contributed by atoms with Crippen LogP contribution in [0.2, 0.25) is 5.02 Å². The number of halogens is 1. The SMILES string of the molecule is CN(Cc1nccs1)c1cc(Cl)ccc1N. The van der Waals surface area contributed by atoms with Crippen LogP contribution in [-0.2, 0) is 6.54 Å². The van der Waals surface area contributed by atoms with Gasteiger partial charge in [0.15, 0.2) is 0 Å².